The molecule has 1 heterocycles. The first-order valence-electron chi connectivity index (χ1n) is 11.2. The fourth-order valence-electron chi connectivity index (χ4n) is 3.87. The Morgan fingerprint density at radius 3 is 2.30 bits per heavy atom. The number of rotatable bonds is 8. The quantitative estimate of drug-likeness (QED) is 0.549. The van der Waals surface area contributed by atoms with Gasteiger partial charge in [-0.25, -0.2) is 8.42 Å². The summed E-state index contributed by atoms with van der Waals surface area (Å²) in [5, 5.41) is 8.85. The molecule has 2 amide bonds. The monoisotopic (exact) mass is 471 g/mol. The van der Waals surface area contributed by atoms with Gasteiger partial charge in [-0.2, -0.15) is 0 Å². The van der Waals surface area contributed by atoms with Crippen LogP contribution in [0.15, 0.2) is 59.5 Å². The van der Waals surface area contributed by atoms with E-state index < -0.39 is 15.9 Å². The van der Waals surface area contributed by atoms with Crippen LogP contribution in [0.2, 0.25) is 0 Å². The highest BCUT2D eigenvalue weighted by Crippen LogP contribution is 2.23. The average molecular weight is 472 g/mol. The number of anilines is 1. The molecule has 1 unspecified atom stereocenters. The first-order valence-corrected chi connectivity index (χ1v) is 12.9. The van der Waals surface area contributed by atoms with E-state index in [2.05, 4.69) is 16.0 Å². The Morgan fingerprint density at radius 1 is 1.06 bits per heavy atom. The van der Waals surface area contributed by atoms with E-state index in [0.717, 1.165) is 24.9 Å². The Morgan fingerprint density at radius 2 is 1.73 bits per heavy atom. The summed E-state index contributed by atoms with van der Waals surface area (Å²) in [6, 6.07) is 14.6. The molecule has 0 saturated carbocycles. The fourth-order valence-corrected chi connectivity index (χ4v) is 5.73. The van der Waals surface area contributed by atoms with Crippen molar-refractivity contribution < 1.29 is 18.0 Å². The van der Waals surface area contributed by atoms with Crippen LogP contribution in [0.3, 0.4) is 0 Å². The molecule has 0 aliphatic carbocycles. The number of hydrogen-bond donors (Lipinski definition) is 3. The summed E-state index contributed by atoms with van der Waals surface area (Å²) in [5.41, 5.74) is 1.05. The van der Waals surface area contributed by atoms with E-state index in [1.165, 1.54) is 12.1 Å². The second kappa shape index (κ2) is 10.5. The van der Waals surface area contributed by atoms with E-state index in [0.29, 0.717) is 12.1 Å². The summed E-state index contributed by atoms with van der Waals surface area (Å²) >= 11 is 0. The predicted molar refractivity (Wildman–Crippen MR) is 130 cm³/mol. The van der Waals surface area contributed by atoms with Crippen LogP contribution in [0.4, 0.5) is 5.69 Å². The highest BCUT2D eigenvalue weighted by molar-refractivity contribution is 7.91. The van der Waals surface area contributed by atoms with Crippen LogP contribution in [0.5, 0.6) is 0 Å². The second-order valence-electron chi connectivity index (χ2n) is 9.73. The minimum atomic E-state index is -3.42. The molecule has 2 aromatic rings. The third-order valence-corrected chi connectivity index (χ3v) is 7.63. The topological polar surface area (TPSA) is 104 Å². The van der Waals surface area contributed by atoms with E-state index >= 15 is 0 Å². The Hall–Kier alpha value is -2.71. The van der Waals surface area contributed by atoms with Crippen molar-refractivity contribution in [2.75, 3.05) is 17.6 Å². The normalized spacial score (nSPS) is 17.4. The number of sulfone groups is 1. The summed E-state index contributed by atoms with van der Waals surface area (Å²) in [6.45, 7) is 6.42. The summed E-state index contributed by atoms with van der Waals surface area (Å²) in [4.78, 5) is 25.9. The number of amides is 2. The maximum Gasteiger partial charge on any atom is 0.247 e. The van der Waals surface area contributed by atoms with Crippen molar-refractivity contribution in [3.8, 4) is 0 Å². The van der Waals surface area contributed by atoms with Crippen LogP contribution >= 0.6 is 0 Å². The molecular formula is C25H33N3O4S. The molecule has 0 bridgehead atoms. The van der Waals surface area contributed by atoms with Gasteiger partial charge in [0.2, 0.25) is 11.8 Å². The first kappa shape index (κ1) is 24.9. The molecule has 0 radical (unpaired) electrons. The summed E-state index contributed by atoms with van der Waals surface area (Å²) in [6.07, 6.45) is 2.03. The van der Waals surface area contributed by atoms with E-state index in [1.807, 2.05) is 51.1 Å². The number of carbonyl (C=O) groups is 2. The molecule has 178 valence electrons. The van der Waals surface area contributed by atoms with Crippen molar-refractivity contribution >= 4 is 27.3 Å². The van der Waals surface area contributed by atoms with E-state index in [-0.39, 0.29) is 33.9 Å². The zero-order valence-electron chi connectivity index (χ0n) is 19.4. The van der Waals surface area contributed by atoms with Gasteiger partial charge < -0.3 is 16.0 Å². The van der Waals surface area contributed by atoms with Gasteiger partial charge in [0.15, 0.2) is 9.84 Å². The zero-order valence-corrected chi connectivity index (χ0v) is 20.2. The Balaban J connectivity index is 1.72. The van der Waals surface area contributed by atoms with Crippen molar-refractivity contribution in [3.63, 3.8) is 0 Å². The SMILES string of the molecule is CC(C)(C)CS(=O)(=O)c1ccc(NC(=O)[C@H](Cc2ccccc2)NC(=O)C2CCCN2)cc1. The van der Waals surface area contributed by atoms with E-state index in [4.69, 9.17) is 0 Å². The standard InChI is InChI=1S/C25H33N3O4S/c1-25(2,3)17-33(31,32)20-13-11-19(12-14-20)27-24(30)22(16-18-8-5-4-6-9-18)28-23(29)21-10-7-15-26-21/h4-6,8-9,11-14,21-22,26H,7,10,15-17H2,1-3H3,(H,27,30)(H,28,29)/t21?,22-/m0/s1. The minimum absolute atomic E-state index is 0.0338. The molecular weight excluding hydrogens is 438 g/mol. The van der Waals surface area contributed by atoms with Crippen LogP contribution in [0, 0.1) is 5.41 Å². The molecule has 3 rings (SSSR count). The molecule has 3 N–H and O–H groups in total. The van der Waals surface area contributed by atoms with Gasteiger partial charge >= 0.3 is 0 Å². The minimum Gasteiger partial charge on any atom is -0.343 e. The van der Waals surface area contributed by atoms with Crippen LogP contribution in [0.25, 0.3) is 0 Å². The summed E-state index contributed by atoms with van der Waals surface area (Å²) in [5.74, 6) is -0.505. The molecule has 7 nitrogen and oxygen atoms in total. The number of carbonyl (C=O) groups excluding carboxylic acids is 2. The Bertz CT molecular complexity index is 1060. The van der Waals surface area contributed by atoms with Gasteiger partial charge in [0, 0.05) is 12.1 Å². The third-order valence-electron chi connectivity index (χ3n) is 5.40. The molecule has 33 heavy (non-hydrogen) atoms. The average Bonchev–Trinajstić information content (AvgIpc) is 3.28. The number of nitrogens with one attached hydrogen (secondary N) is 3. The van der Waals surface area contributed by atoms with Crippen molar-refractivity contribution in [1.29, 1.82) is 0 Å². The largest absolute Gasteiger partial charge is 0.343 e. The molecule has 1 aliphatic heterocycles. The maximum atomic E-state index is 13.1. The number of hydrogen-bond acceptors (Lipinski definition) is 5. The maximum absolute atomic E-state index is 13.1. The molecule has 0 aromatic heterocycles. The zero-order chi connectivity index (χ0) is 24.1. The molecule has 2 atom stereocenters. The lowest BCUT2D eigenvalue weighted by atomic mass is 10.0. The van der Waals surface area contributed by atoms with Crippen molar-refractivity contribution in [2.24, 2.45) is 5.41 Å². The van der Waals surface area contributed by atoms with Crippen LogP contribution in [-0.4, -0.2) is 44.6 Å². The molecule has 2 aromatic carbocycles. The molecule has 1 aliphatic rings. The highest BCUT2D eigenvalue weighted by atomic mass is 32.2. The van der Waals surface area contributed by atoms with E-state index in [1.54, 1.807) is 12.1 Å². The summed E-state index contributed by atoms with van der Waals surface area (Å²) in [7, 11) is -3.42. The highest BCUT2D eigenvalue weighted by Gasteiger charge is 2.28. The van der Waals surface area contributed by atoms with Crippen LogP contribution in [0.1, 0.15) is 39.2 Å². The van der Waals surface area contributed by atoms with Crippen LogP contribution < -0.4 is 16.0 Å². The van der Waals surface area contributed by atoms with Gasteiger partial charge in [-0.15, -0.1) is 0 Å². The van der Waals surface area contributed by atoms with Gasteiger partial charge in [-0.1, -0.05) is 51.1 Å². The fraction of sp³-hybridized carbons (Fsp3) is 0.440. The lowest BCUT2D eigenvalue weighted by Crippen LogP contribution is -2.50. The van der Waals surface area contributed by atoms with Crippen molar-refractivity contribution in [3.05, 3.63) is 60.2 Å². The molecule has 0 spiro atoms. The second-order valence-corrected chi connectivity index (χ2v) is 11.7. The van der Waals surface area contributed by atoms with Gasteiger partial charge in [0.05, 0.1) is 16.7 Å². The molecule has 8 heteroatoms. The smallest absolute Gasteiger partial charge is 0.247 e. The Kier molecular flexibility index (Phi) is 7.92. The van der Waals surface area contributed by atoms with Crippen molar-refractivity contribution in [2.45, 2.75) is 57.0 Å². The Labute approximate surface area is 196 Å². The van der Waals surface area contributed by atoms with Gasteiger partial charge in [-0.05, 0) is 54.6 Å². The molecule has 1 fully saturated rings. The van der Waals surface area contributed by atoms with Gasteiger partial charge in [-0.3, -0.25) is 9.59 Å². The lowest BCUT2D eigenvalue weighted by Gasteiger charge is -2.21. The van der Waals surface area contributed by atoms with Crippen LogP contribution in [-0.2, 0) is 25.8 Å². The first-order chi connectivity index (χ1) is 15.5. The molecule has 1 saturated heterocycles. The third kappa shape index (κ3) is 7.40. The van der Waals surface area contributed by atoms with Gasteiger partial charge in [0.25, 0.3) is 0 Å². The predicted octanol–water partition coefficient (Wildman–Crippen LogP) is 2.92. The lowest BCUT2D eigenvalue weighted by molar-refractivity contribution is -0.127. The summed E-state index contributed by atoms with van der Waals surface area (Å²) < 4.78 is 25.2. The van der Waals surface area contributed by atoms with Crippen molar-refractivity contribution in [1.82, 2.24) is 10.6 Å². The number of benzene rings is 2. The van der Waals surface area contributed by atoms with E-state index in [9.17, 15) is 18.0 Å². The van der Waals surface area contributed by atoms with Gasteiger partial charge in [0.1, 0.15) is 6.04 Å².